The number of aromatic nitrogens is 1. The van der Waals surface area contributed by atoms with E-state index in [0.717, 1.165) is 65.9 Å². The van der Waals surface area contributed by atoms with E-state index in [-0.39, 0.29) is 0 Å². The Labute approximate surface area is 285 Å². The van der Waals surface area contributed by atoms with Crippen molar-refractivity contribution < 1.29 is 23.8 Å². The summed E-state index contributed by atoms with van der Waals surface area (Å²) in [6.45, 7) is 6.49. The van der Waals surface area contributed by atoms with E-state index in [1.165, 1.54) is 23.1 Å². The highest BCUT2D eigenvalue weighted by Crippen LogP contribution is 2.27. The lowest BCUT2D eigenvalue weighted by Gasteiger charge is -2.11. The van der Waals surface area contributed by atoms with Crippen LogP contribution in [0.3, 0.4) is 0 Å². The fourth-order valence-corrected chi connectivity index (χ4v) is 5.54. The van der Waals surface area contributed by atoms with Crippen molar-refractivity contribution >= 4 is 44.8 Å². The number of nitrogen functional groups attached to an aromatic ring is 1. The zero-order valence-electron chi connectivity index (χ0n) is 27.2. The summed E-state index contributed by atoms with van der Waals surface area (Å²) in [6.07, 6.45) is 8.12. The van der Waals surface area contributed by atoms with Crippen molar-refractivity contribution in [3.8, 4) is 22.6 Å². The smallest absolute Gasteiger partial charge is 0.343 e. The average molecular weight is 664 g/mol. The molecular formula is C39H41N3O5S. The molecule has 0 unspecified atom stereocenters. The molecule has 0 bridgehead atoms. The number of carbonyl (C=O) groups excluding carboxylic acids is 2. The lowest BCUT2D eigenvalue weighted by Crippen LogP contribution is -2.10. The number of nitrogens with zero attached hydrogens (tertiary/aromatic N) is 1. The molecule has 4 aromatic carbocycles. The number of nitrogens with one attached hydrogen (secondary N) is 1. The van der Waals surface area contributed by atoms with E-state index >= 15 is 0 Å². The number of esters is 2. The van der Waals surface area contributed by atoms with Crippen LogP contribution in [0.2, 0.25) is 0 Å². The number of hydrogen-bond acceptors (Lipinski definition) is 9. The van der Waals surface area contributed by atoms with Crippen LogP contribution in [-0.2, 0) is 16.0 Å². The second-order valence-corrected chi connectivity index (χ2v) is 12.0. The van der Waals surface area contributed by atoms with Crippen molar-refractivity contribution in [2.45, 2.75) is 45.4 Å². The molecule has 0 aliphatic heterocycles. The van der Waals surface area contributed by atoms with E-state index in [1.807, 2.05) is 36.4 Å². The summed E-state index contributed by atoms with van der Waals surface area (Å²) < 4.78 is 17.5. The molecule has 0 fully saturated rings. The third-order valence-electron chi connectivity index (χ3n) is 7.31. The number of anilines is 1. The third kappa shape index (κ3) is 10.9. The minimum Gasteiger partial charge on any atom is -0.494 e. The molecule has 0 saturated heterocycles. The van der Waals surface area contributed by atoms with E-state index in [9.17, 15) is 9.59 Å². The van der Waals surface area contributed by atoms with Crippen LogP contribution in [0.25, 0.3) is 21.3 Å². The lowest BCUT2D eigenvalue weighted by molar-refractivity contribution is -0.137. The van der Waals surface area contributed by atoms with Crippen molar-refractivity contribution in [3.63, 3.8) is 0 Å². The lowest BCUT2D eigenvalue weighted by atomic mass is 10.0. The minimum absolute atomic E-state index is 0.343. The van der Waals surface area contributed by atoms with Crippen LogP contribution < -0.4 is 15.2 Å². The van der Waals surface area contributed by atoms with Gasteiger partial charge in [-0.3, -0.25) is 0 Å². The van der Waals surface area contributed by atoms with Crippen LogP contribution in [-0.4, -0.2) is 36.4 Å². The average Bonchev–Trinajstić information content (AvgIpc) is 3.50. The molecule has 9 heteroatoms. The Kier molecular flexibility index (Phi) is 13.9. The SMILES string of the molecule is C=CC(=O)OCCCCCCOc1ccc(C(=O)Oc2ccc(-c3ccc(CCC)cc3)cc2C=N)cc1.Nc1nc2ccccc2s1. The molecule has 0 aliphatic rings. The number of para-hydroxylation sites is 1. The van der Waals surface area contributed by atoms with Crippen LogP contribution in [0, 0.1) is 5.41 Å². The minimum atomic E-state index is -0.492. The summed E-state index contributed by atoms with van der Waals surface area (Å²) in [4.78, 5) is 27.8. The topological polar surface area (TPSA) is 125 Å². The van der Waals surface area contributed by atoms with Crippen LogP contribution in [0.4, 0.5) is 5.13 Å². The summed E-state index contributed by atoms with van der Waals surface area (Å²) in [6, 6.07) is 28.6. The van der Waals surface area contributed by atoms with Crippen molar-refractivity contribution in [2.75, 3.05) is 18.9 Å². The Bertz CT molecular complexity index is 1770. The van der Waals surface area contributed by atoms with E-state index < -0.39 is 11.9 Å². The molecule has 0 amide bonds. The zero-order chi connectivity index (χ0) is 34.1. The molecular weight excluding hydrogens is 623 g/mol. The number of ether oxygens (including phenoxy) is 3. The van der Waals surface area contributed by atoms with E-state index in [0.29, 0.717) is 41.0 Å². The van der Waals surface area contributed by atoms with Gasteiger partial charge in [0.25, 0.3) is 0 Å². The molecule has 1 aromatic heterocycles. The predicted octanol–water partition coefficient (Wildman–Crippen LogP) is 9.07. The molecule has 248 valence electrons. The van der Waals surface area contributed by atoms with Gasteiger partial charge in [-0.2, -0.15) is 0 Å². The Morgan fingerprint density at radius 1 is 0.896 bits per heavy atom. The molecule has 0 atom stereocenters. The predicted molar refractivity (Wildman–Crippen MR) is 194 cm³/mol. The Morgan fingerprint density at radius 3 is 2.29 bits per heavy atom. The highest BCUT2D eigenvalue weighted by atomic mass is 32.1. The molecule has 0 saturated carbocycles. The van der Waals surface area contributed by atoms with Gasteiger partial charge in [-0.05, 0) is 97.3 Å². The summed E-state index contributed by atoms with van der Waals surface area (Å²) in [5.74, 6) is 0.137. The summed E-state index contributed by atoms with van der Waals surface area (Å²) in [7, 11) is 0. The fraction of sp³-hybridized carbons (Fsp3) is 0.231. The number of nitrogens with two attached hydrogens (primary N) is 1. The van der Waals surface area contributed by atoms with Gasteiger partial charge in [-0.15, -0.1) is 0 Å². The van der Waals surface area contributed by atoms with Crippen molar-refractivity contribution in [3.05, 3.63) is 120 Å². The van der Waals surface area contributed by atoms with Gasteiger partial charge in [0.1, 0.15) is 11.5 Å². The maximum absolute atomic E-state index is 12.7. The number of thiazole rings is 1. The molecule has 0 spiro atoms. The fourth-order valence-electron chi connectivity index (χ4n) is 4.80. The molecule has 0 aliphatic carbocycles. The quantitative estimate of drug-likeness (QED) is 0.0376. The molecule has 5 rings (SSSR count). The first kappa shape index (κ1) is 35.6. The van der Waals surface area contributed by atoms with Gasteiger partial charge in [-0.1, -0.05) is 73.7 Å². The third-order valence-corrected chi connectivity index (χ3v) is 8.18. The van der Waals surface area contributed by atoms with Gasteiger partial charge in [0, 0.05) is 17.9 Å². The largest absolute Gasteiger partial charge is 0.494 e. The number of rotatable bonds is 15. The van der Waals surface area contributed by atoms with Gasteiger partial charge in [0.05, 0.1) is 29.0 Å². The Morgan fingerprint density at radius 2 is 1.60 bits per heavy atom. The van der Waals surface area contributed by atoms with E-state index in [1.54, 1.807) is 30.3 Å². The summed E-state index contributed by atoms with van der Waals surface area (Å²) in [5.41, 5.74) is 10.7. The second-order valence-electron chi connectivity index (χ2n) is 10.9. The number of carbonyl (C=O) groups is 2. The second kappa shape index (κ2) is 18.8. The molecule has 0 radical (unpaired) electrons. The maximum Gasteiger partial charge on any atom is 0.343 e. The first-order chi connectivity index (χ1) is 23.4. The van der Waals surface area contributed by atoms with Crippen molar-refractivity contribution in [1.82, 2.24) is 4.98 Å². The van der Waals surface area contributed by atoms with Gasteiger partial charge in [0.15, 0.2) is 5.13 Å². The van der Waals surface area contributed by atoms with Crippen LogP contribution in [0.5, 0.6) is 11.5 Å². The maximum atomic E-state index is 12.7. The molecule has 3 N–H and O–H groups in total. The monoisotopic (exact) mass is 663 g/mol. The Balaban J connectivity index is 0.000000438. The van der Waals surface area contributed by atoms with Gasteiger partial charge in [0.2, 0.25) is 0 Å². The zero-order valence-corrected chi connectivity index (χ0v) is 28.0. The first-order valence-electron chi connectivity index (χ1n) is 16.0. The number of benzene rings is 4. The van der Waals surface area contributed by atoms with E-state index in [2.05, 4.69) is 42.8 Å². The molecule has 8 nitrogen and oxygen atoms in total. The number of unbranched alkanes of at least 4 members (excludes halogenated alkanes) is 3. The molecule has 5 aromatic rings. The summed E-state index contributed by atoms with van der Waals surface area (Å²) >= 11 is 1.52. The molecule has 48 heavy (non-hydrogen) atoms. The number of aryl methyl sites for hydroxylation is 1. The van der Waals surface area contributed by atoms with Crippen molar-refractivity contribution in [1.29, 1.82) is 5.41 Å². The standard InChI is InChI=1S/C32H35NO5.C7H6N2S/c1-3-9-24-10-12-25(13-11-24)27-16-19-30(28(22-27)23-33)38-32(35)26-14-17-29(18-15-26)36-20-7-5-6-8-21-37-31(34)4-2;8-7-9-5-3-1-2-4-6(5)10-7/h4,10-19,22-23,33H,2-3,5-9,20-21H2,1H3;1-4H,(H2,8,9). The number of hydrogen-bond donors (Lipinski definition) is 2. The number of fused-ring (bicyclic) bond motifs is 1. The summed E-state index contributed by atoms with van der Waals surface area (Å²) in [5, 5.41) is 8.45. The van der Waals surface area contributed by atoms with Gasteiger partial charge >= 0.3 is 11.9 Å². The van der Waals surface area contributed by atoms with Crippen molar-refractivity contribution in [2.24, 2.45) is 0 Å². The van der Waals surface area contributed by atoms with Gasteiger partial charge in [-0.25, -0.2) is 14.6 Å². The highest BCUT2D eigenvalue weighted by Gasteiger charge is 2.13. The Hall–Kier alpha value is -5.28. The normalized spacial score (nSPS) is 10.4. The molecule has 1 heterocycles. The van der Waals surface area contributed by atoms with Gasteiger partial charge < -0.3 is 25.4 Å². The van der Waals surface area contributed by atoms with Crippen LogP contribution >= 0.6 is 11.3 Å². The van der Waals surface area contributed by atoms with Crippen LogP contribution in [0.1, 0.15) is 60.5 Å². The highest BCUT2D eigenvalue weighted by molar-refractivity contribution is 7.22. The van der Waals surface area contributed by atoms with E-state index in [4.69, 9.17) is 25.4 Å². The van der Waals surface area contributed by atoms with Crippen LogP contribution in [0.15, 0.2) is 104 Å². The first-order valence-corrected chi connectivity index (χ1v) is 16.8.